The van der Waals surface area contributed by atoms with Gasteiger partial charge in [0, 0.05) is 0 Å². The number of allylic oxidation sites excluding steroid dienone is 4. The van der Waals surface area contributed by atoms with Crippen molar-refractivity contribution in [1.82, 2.24) is 0 Å². The molecule has 3 heterocycles. The quantitative estimate of drug-likeness (QED) is 0.567. The van der Waals surface area contributed by atoms with Crippen molar-refractivity contribution in [1.29, 1.82) is 0 Å². The summed E-state index contributed by atoms with van der Waals surface area (Å²) in [5, 5.41) is 0. The van der Waals surface area contributed by atoms with Gasteiger partial charge in [0.05, 0.1) is 0 Å². The first-order valence-electron chi connectivity index (χ1n) is 3.46. The zero-order chi connectivity index (χ0) is 7.26. The number of nitrogens with zero attached hydrogens (tertiary/aromatic N) is 2. The molecule has 3 aliphatic rings. The molecule has 2 nitrogen and oxygen atoms in total. The molecular formula is C8H4N2Sn. The number of hydrogen-bond donors (Lipinski definition) is 0. The fraction of sp³-hybridized carbons (Fsp3) is 0. The van der Waals surface area contributed by atoms with E-state index in [2.05, 4.69) is 22.1 Å². The zero-order valence-corrected chi connectivity index (χ0v) is 8.56. The summed E-state index contributed by atoms with van der Waals surface area (Å²) in [6.45, 7) is 0. The second kappa shape index (κ2) is 1.94. The van der Waals surface area contributed by atoms with Gasteiger partial charge >= 0.3 is 74.3 Å². The van der Waals surface area contributed by atoms with Crippen LogP contribution in [-0.4, -0.2) is 31.1 Å². The van der Waals surface area contributed by atoms with Gasteiger partial charge < -0.3 is 0 Å². The van der Waals surface area contributed by atoms with E-state index in [4.69, 9.17) is 0 Å². The molecule has 0 aromatic heterocycles. The van der Waals surface area contributed by atoms with Crippen molar-refractivity contribution in [2.24, 2.45) is 9.98 Å². The van der Waals surface area contributed by atoms with Crippen molar-refractivity contribution in [2.75, 3.05) is 0 Å². The van der Waals surface area contributed by atoms with Gasteiger partial charge in [-0.3, -0.25) is 0 Å². The second-order valence-corrected chi connectivity index (χ2v) is 6.14. The summed E-state index contributed by atoms with van der Waals surface area (Å²) in [6, 6.07) is 0. The molecular weight excluding hydrogens is 243 g/mol. The van der Waals surface area contributed by atoms with Crippen LogP contribution >= 0.6 is 0 Å². The molecule has 0 aliphatic carbocycles. The summed E-state index contributed by atoms with van der Waals surface area (Å²) in [4.78, 5) is 8.63. The maximum absolute atomic E-state index is 4.32. The fourth-order valence-electron chi connectivity index (χ4n) is 1.40. The maximum atomic E-state index is 4.32. The van der Waals surface area contributed by atoms with E-state index in [9.17, 15) is 0 Å². The molecule has 0 aromatic carbocycles. The molecule has 0 aromatic rings. The second-order valence-electron chi connectivity index (χ2n) is 2.54. The molecule has 0 amide bonds. The third-order valence-electron chi connectivity index (χ3n) is 1.91. The van der Waals surface area contributed by atoms with Gasteiger partial charge in [-0.1, -0.05) is 0 Å². The van der Waals surface area contributed by atoms with Gasteiger partial charge in [0.25, 0.3) is 0 Å². The van der Waals surface area contributed by atoms with Gasteiger partial charge in [0.15, 0.2) is 0 Å². The summed E-state index contributed by atoms with van der Waals surface area (Å²) in [6.07, 6.45) is 8.02. The Balaban J connectivity index is 2.32. The number of rotatable bonds is 0. The topological polar surface area (TPSA) is 24.7 Å². The minimum absolute atomic E-state index is 0.522. The molecule has 11 heavy (non-hydrogen) atoms. The Bertz CT molecular complexity index is 347. The van der Waals surface area contributed by atoms with E-state index in [0.717, 1.165) is 0 Å². The molecule has 0 saturated carbocycles. The third kappa shape index (κ3) is 0.677. The van der Waals surface area contributed by atoms with Crippen LogP contribution in [0.1, 0.15) is 0 Å². The molecule has 0 saturated heterocycles. The summed E-state index contributed by atoms with van der Waals surface area (Å²) >= 11 is -0.522. The summed E-state index contributed by atoms with van der Waals surface area (Å²) in [5.74, 6) is 0. The van der Waals surface area contributed by atoms with Crippen LogP contribution in [-0.2, 0) is 0 Å². The molecule has 50 valence electrons. The Labute approximate surface area is 74.3 Å². The van der Waals surface area contributed by atoms with E-state index in [-0.39, 0.29) is 0 Å². The molecule has 3 rings (SSSR count). The van der Waals surface area contributed by atoms with Gasteiger partial charge in [-0.2, -0.15) is 0 Å². The van der Waals surface area contributed by atoms with Gasteiger partial charge in [0.2, 0.25) is 0 Å². The number of hydrogen-bond acceptors (Lipinski definition) is 2. The van der Waals surface area contributed by atoms with Gasteiger partial charge in [-0.05, 0) is 0 Å². The van der Waals surface area contributed by atoms with E-state index in [1.54, 1.807) is 0 Å². The Kier molecular flexibility index (Phi) is 1.05. The Morgan fingerprint density at radius 1 is 1.36 bits per heavy atom. The fourth-order valence-corrected chi connectivity index (χ4v) is 4.85. The van der Waals surface area contributed by atoms with Gasteiger partial charge in [0.1, 0.15) is 0 Å². The van der Waals surface area contributed by atoms with Gasteiger partial charge in [-0.15, -0.1) is 0 Å². The normalized spacial score (nSPS) is 24.0. The van der Waals surface area contributed by atoms with Crippen LogP contribution in [0.2, 0.25) is 0 Å². The van der Waals surface area contributed by atoms with Crippen molar-refractivity contribution >= 4 is 31.1 Å². The van der Waals surface area contributed by atoms with E-state index in [1.165, 1.54) is 18.6 Å². The van der Waals surface area contributed by atoms with Crippen LogP contribution in [0.5, 0.6) is 0 Å². The molecule has 0 bridgehead atoms. The molecule has 0 unspecified atom stereocenters. The minimum atomic E-state index is -0.522. The molecule has 0 atom stereocenters. The SMILES string of the molecule is C1=CC2=C3N=CC=[C]3[Sn][C]2=N1. The van der Waals surface area contributed by atoms with Crippen LogP contribution < -0.4 is 0 Å². The van der Waals surface area contributed by atoms with Crippen LogP contribution in [0, 0.1) is 0 Å². The molecule has 0 spiro atoms. The molecule has 0 fully saturated rings. The van der Waals surface area contributed by atoms with Crippen LogP contribution in [0.15, 0.2) is 43.2 Å². The molecule has 3 heteroatoms. The average Bonchev–Trinajstić information content (AvgIpc) is 2.52. The van der Waals surface area contributed by atoms with Crippen LogP contribution in [0.3, 0.4) is 0 Å². The van der Waals surface area contributed by atoms with Crippen molar-refractivity contribution in [3.05, 3.63) is 33.2 Å². The Morgan fingerprint density at radius 2 is 2.36 bits per heavy atom. The first kappa shape index (κ1) is 5.94. The summed E-state index contributed by atoms with van der Waals surface area (Å²) < 4.78 is 2.85. The van der Waals surface area contributed by atoms with Crippen LogP contribution in [0.25, 0.3) is 0 Å². The molecule has 2 radical (unpaired) electrons. The number of aliphatic imine (C=N–C) groups is 2. The van der Waals surface area contributed by atoms with E-state index < -0.39 is 21.1 Å². The van der Waals surface area contributed by atoms with Crippen molar-refractivity contribution in [3.8, 4) is 0 Å². The van der Waals surface area contributed by atoms with Crippen molar-refractivity contribution in [3.63, 3.8) is 0 Å². The standard InChI is InChI=1S/C8H4N2.Sn/c1-2-8(10-4-1)7-3-5-9-6-7;/h1,3-5H;. The first-order chi connectivity index (χ1) is 5.45. The monoisotopic (exact) mass is 248 g/mol. The summed E-state index contributed by atoms with van der Waals surface area (Å²) in [5.41, 5.74) is 2.51. The van der Waals surface area contributed by atoms with E-state index in [1.807, 2.05) is 12.4 Å². The van der Waals surface area contributed by atoms with E-state index >= 15 is 0 Å². The summed E-state index contributed by atoms with van der Waals surface area (Å²) in [7, 11) is 0. The molecule has 3 aliphatic heterocycles. The Hall–Kier alpha value is -0.641. The van der Waals surface area contributed by atoms with Gasteiger partial charge in [-0.25, -0.2) is 0 Å². The zero-order valence-electron chi connectivity index (χ0n) is 5.70. The predicted molar refractivity (Wildman–Crippen MR) is 45.9 cm³/mol. The van der Waals surface area contributed by atoms with Crippen molar-refractivity contribution < 1.29 is 0 Å². The Morgan fingerprint density at radius 3 is 3.36 bits per heavy atom. The average molecular weight is 247 g/mol. The van der Waals surface area contributed by atoms with E-state index in [0.29, 0.717) is 0 Å². The number of fused-ring (bicyclic) bond motifs is 2. The predicted octanol–water partition coefficient (Wildman–Crippen LogP) is 0.852. The first-order valence-corrected chi connectivity index (χ1v) is 6.31. The van der Waals surface area contributed by atoms with Crippen LogP contribution in [0.4, 0.5) is 0 Å². The molecule has 0 N–H and O–H groups in total. The van der Waals surface area contributed by atoms with Crippen molar-refractivity contribution in [2.45, 2.75) is 0 Å². The third-order valence-corrected chi connectivity index (χ3v) is 5.64.